The van der Waals surface area contributed by atoms with Crippen molar-refractivity contribution in [2.45, 2.75) is 52.0 Å². The molecule has 1 amide bonds. The second-order valence-electron chi connectivity index (χ2n) is 8.46. The van der Waals surface area contributed by atoms with Crippen LogP contribution in [0.4, 0.5) is 0 Å². The molecule has 0 aliphatic heterocycles. The highest BCUT2D eigenvalue weighted by Gasteiger charge is 2.22. The van der Waals surface area contributed by atoms with E-state index < -0.39 is 0 Å². The summed E-state index contributed by atoms with van der Waals surface area (Å²) >= 11 is 0. The van der Waals surface area contributed by atoms with E-state index in [0.29, 0.717) is 6.42 Å². The number of aromatic amines is 1. The zero-order valence-corrected chi connectivity index (χ0v) is 19.9. The minimum atomic E-state index is -0.0517. The first kappa shape index (κ1) is 23.9. The Morgan fingerprint density at radius 1 is 1.12 bits per heavy atom. The fourth-order valence-corrected chi connectivity index (χ4v) is 4.40. The molecule has 2 atom stereocenters. The van der Waals surface area contributed by atoms with E-state index in [9.17, 15) is 4.79 Å². The van der Waals surface area contributed by atoms with Gasteiger partial charge >= 0.3 is 0 Å². The number of H-pyrrole nitrogens is 1. The van der Waals surface area contributed by atoms with E-state index in [1.54, 1.807) is 7.11 Å². The average Bonchev–Trinajstić information content (AvgIpc) is 3.24. The van der Waals surface area contributed by atoms with Crippen LogP contribution in [0, 0.1) is 0 Å². The zero-order valence-electron chi connectivity index (χ0n) is 19.9. The number of ether oxygens (including phenoxy) is 1. The maximum atomic E-state index is 13.1. The van der Waals surface area contributed by atoms with E-state index in [4.69, 9.17) is 4.74 Å². The minimum absolute atomic E-state index is 0.0517. The van der Waals surface area contributed by atoms with Crippen LogP contribution in [0.2, 0.25) is 0 Å². The zero-order chi connectivity index (χ0) is 22.9. The Morgan fingerprint density at radius 2 is 1.91 bits per heavy atom. The van der Waals surface area contributed by atoms with Gasteiger partial charge in [-0.25, -0.2) is 0 Å². The molecule has 0 saturated carbocycles. The normalized spacial score (nSPS) is 13.3. The maximum absolute atomic E-state index is 13.1. The number of para-hydroxylation sites is 1. The van der Waals surface area contributed by atoms with Crippen molar-refractivity contribution in [3.8, 4) is 5.75 Å². The van der Waals surface area contributed by atoms with Crippen molar-refractivity contribution in [1.82, 2.24) is 15.2 Å². The number of benzene rings is 2. The van der Waals surface area contributed by atoms with Crippen LogP contribution in [-0.4, -0.2) is 48.6 Å². The molecule has 2 unspecified atom stereocenters. The Bertz CT molecular complexity index is 993. The van der Waals surface area contributed by atoms with Gasteiger partial charge in [0.2, 0.25) is 5.91 Å². The highest BCUT2D eigenvalue weighted by molar-refractivity contribution is 5.86. The second-order valence-corrected chi connectivity index (χ2v) is 8.46. The first-order valence-electron chi connectivity index (χ1n) is 11.8. The van der Waals surface area contributed by atoms with E-state index >= 15 is 0 Å². The monoisotopic (exact) mass is 435 g/mol. The quantitative estimate of drug-likeness (QED) is 0.404. The Hall–Kier alpha value is -2.79. The number of aromatic nitrogens is 1. The van der Waals surface area contributed by atoms with Crippen molar-refractivity contribution < 1.29 is 9.53 Å². The van der Waals surface area contributed by atoms with Gasteiger partial charge in [-0.1, -0.05) is 44.2 Å². The van der Waals surface area contributed by atoms with E-state index in [2.05, 4.69) is 54.2 Å². The van der Waals surface area contributed by atoms with Crippen molar-refractivity contribution in [3.63, 3.8) is 0 Å². The van der Waals surface area contributed by atoms with Gasteiger partial charge in [0.1, 0.15) is 5.75 Å². The summed E-state index contributed by atoms with van der Waals surface area (Å²) in [6, 6.07) is 16.4. The summed E-state index contributed by atoms with van der Waals surface area (Å²) in [5.41, 5.74) is 3.30. The molecule has 0 radical (unpaired) electrons. The number of carbonyl (C=O) groups excluding carboxylic acids is 1. The molecule has 2 N–H and O–H groups in total. The molecule has 1 heterocycles. The van der Waals surface area contributed by atoms with Crippen molar-refractivity contribution in [1.29, 1.82) is 0 Å². The van der Waals surface area contributed by atoms with Gasteiger partial charge in [0.05, 0.1) is 7.11 Å². The Kier molecular flexibility index (Phi) is 8.74. The molecule has 0 saturated heterocycles. The Labute approximate surface area is 192 Å². The number of amides is 1. The molecule has 0 fully saturated rings. The predicted molar refractivity (Wildman–Crippen MR) is 132 cm³/mol. The van der Waals surface area contributed by atoms with Crippen molar-refractivity contribution in [2.75, 3.05) is 26.7 Å². The lowest BCUT2D eigenvalue weighted by atomic mass is 9.87. The maximum Gasteiger partial charge on any atom is 0.221 e. The molecule has 0 aliphatic carbocycles. The fraction of sp³-hybridized carbons (Fsp3) is 0.444. The number of hydrogen-bond acceptors (Lipinski definition) is 3. The Balaban J connectivity index is 1.73. The number of carbonyl (C=O) groups is 1. The molecule has 0 bridgehead atoms. The molecule has 32 heavy (non-hydrogen) atoms. The summed E-state index contributed by atoms with van der Waals surface area (Å²) in [4.78, 5) is 18.9. The lowest BCUT2D eigenvalue weighted by Gasteiger charge is -2.21. The SMILES string of the molecule is CCN(CC)CCCC(C)NC(=O)CC(c1cccc(OC)c1)c1c[nH]c2ccccc12. The van der Waals surface area contributed by atoms with Crippen LogP contribution in [-0.2, 0) is 4.79 Å². The van der Waals surface area contributed by atoms with Crippen LogP contribution in [0.5, 0.6) is 5.75 Å². The van der Waals surface area contributed by atoms with E-state index in [1.807, 2.05) is 36.5 Å². The van der Waals surface area contributed by atoms with Crippen LogP contribution in [0.3, 0.4) is 0 Å². The van der Waals surface area contributed by atoms with Crippen molar-refractivity contribution in [3.05, 3.63) is 65.9 Å². The van der Waals surface area contributed by atoms with Crippen molar-refractivity contribution >= 4 is 16.8 Å². The Morgan fingerprint density at radius 3 is 2.66 bits per heavy atom. The molecule has 3 aromatic rings. The number of rotatable bonds is 12. The molecule has 0 aliphatic rings. The second kappa shape index (κ2) is 11.7. The molecular weight excluding hydrogens is 398 g/mol. The van der Waals surface area contributed by atoms with E-state index in [0.717, 1.165) is 60.3 Å². The molecular formula is C27H37N3O2. The van der Waals surface area contributed by atoms with Gasteiger partial charge in [-0.3, -0.25) is 4.79 Å². The lowest BCUT2D eigenvalue weighted by molar-refractivity contribution is -0.121. The summed E-state index contributed by atoms with van der Waals surface area (Å²) in [6.07, 6.45) is 4.51. The smallest absolute Gasteiger partial charge is 0.221 e. The van der Waals surface area contributed by atoms with Gasteiger partial charge in [0, 0.05) is 35.5 Å². The van der Waals surface area contributed by atoms with E-state index in [1.165, 1.54) is 0 Å². The third-order valence-electron chi connectivity index (χ3n) is 6.30. The molecule has 172 valence electrons. The standard InChI is InChI=1S/C27H37N3O2/c1-5-30(6-2)16-10-11-20(3)29-27(31)18-24(21-12-9-13-22(17-21)32-4)25-19-28-26-15-8-7-14-23(25)26/h7-9,12-15,17,19-20,24,28H,5-6,10-11,16,18H2,1-4H3,(H,29,31). The molecule has 2 aromatic carbocycles. The fourth-order valence-electron chi connectivity index (χ4n) is 4.40. The molecule has 1 aromatic heterocycles. The van der Waals surface area contributed by atoms with Crippen LogP contribution in [0.1, 0.15) is 57.1 Å². The molecule has 5 nitrogen and oxygen atoms in total. The summed E-state index contributed by atoms with van der Waals surface area (Å²) in [5, 5.41) is 4.38. The molecule has 3 rings (SSSR count). The van der Waals surface area contributed by atoms with Crippen LogP contribution in [0.15, 0.2) is 54.7 Å². The van der Waals surface area contributed by atoms with Crippen LogP contribution >= 0.6 is 0 Å². The summed E-state index contributed by atoms with van der Waals surface area (Å²) in [6.45, 7) is 9.71. The van der Waals surface area contributed by atoms with Crippen LogP contribution < -0.4 is 10.1 Å². The summed E-state index contributed by atoms with van der Waals surface area (Å²) in [7, 11) is 1.67. The summed E-state index contributed by atoms with van der Waals surface area (Å²) < 4.78 is 5.45. The predicted octanol–water partition coefficient (Wildman–Crippen LogP) is 5.33. The third-order valence-corrected chi connectivity index (χ3v) is 6.30. The largest absolute Gasteiger partial charge is 0.497 e. The third kappa shape index (κ3) is 6.13. The highest BCUT2D eigenvalue weighted by atomic mass is 16.5. The minimum Gasteiger partial charge on any atom is -0.497 e. The number of fused-ring (bicyclic) bond motifs is 1. The van der Waals surface area contributed by atoms with Gasteiger partial charge < -0.3 is 19.9 Å². The van der Waals surface area contributed by atoms with Gasteiger partial charge in [-0.2, -0.15) is 0 Å². The van der Waals surface area contributed by atoms with E-state index in [-0.39, 0.29) is 17.9 Å². The molecule has 0 spiro atoms. The van der Waals surface area contributed by atoms with Gasteiger partial charge in [0.15, 0.2) is 0 Å². The first-order chi connectivity index (χ1) is 15.5. The number of nitrogens with zero attached hydrogens (tertiary/aromatic N) is 1. The molecule has 5 heteroatoms. The van der Waals surface area contributed by atoms with Crippen LogP contribution in [0.25, 0.3) is 10.9 Å². The van der Waals surface area contributed by atoms with Crippen molar-refractivity contribution in [2.24, 2.45) is 0 Å². The van der Waals surface area contributed by atoms with Gasteiger partial charge in [0.25, 0.3) is 0 Å². The lowest BCUT2D eigenvalue weighted by Crippen LogP contribution is -2.34. The number of hydrogen-bond donors (Lipinski definition) is 2. The number of nitrogens with one attached hydrogen (secondary N) is 2. The first-order valence-corrected chi connectivity index (χ1v) is 11.8. The van der Waals surface area contributed by atoms with Gasteiger partial charge in [-0.05, 0) is 68.7 Å². The number of methoxy groups -OCH3 is 1. The topological polar surface area (TPSA) is 57.4 Å². The van der Waals surface area contributed by atoms with Gasteiger partial charge in [-0.15, -0.1) is 0 Å². The highest BCUT2D eigenvalue weighted by Crippen LogP contribution is 2.34. The average molecular weight is 436 g/mol. The summed E-state index contributed by atoms with van der Waals surface area (Å²) in [5.74, 6) is 0.833.